The van der Waals surface area contributed by atoms with E-state index in [9.17, 15) is 4.79 Å². The van der Waals surface area contributed by atoms with E-state index < -0.39 is 9.96 Å². The summed E-state index contributed by atoms with van der Waals surface area (Å²) in [4.78, 5) is 13.8. The molecule has 0 bridgehead atoms. The van der Waals surface area contributed by atoms with E-state index in [1.54, 1.807) is 0 Å². The van der Waals surface area contributed by atoms with Crippen molar-refractivity contribution >= 4 is 40.7 Å². The number of carbonyl (C=O) groups is 1. The highest BCUT2D eigenvalue weighted by Crippen LogP contribution is 2.28. The topological polar surface area (TPSA) is 33.5 Å². The SMILES string of the molecule is CC(C)(C)c1ccc(C(=O)N[C@H]([NH+]2CCCCCC2)C(Cl)(Cl)Cl)cc1. The first-order valence-corrected chi connectivity index (χ1v) is 10.0. The third-order valence-electron chi connectivity index (χ3n) is 4.77. The van der Waals surface area contributed by atoms with Gasteiger partial charge in [-0.25, -0.2) is 0 Å². The fraction of sp³-hybridized carbons (Fsp3) is 0.632. The van der Waals surface area contributed by atoms with Crippen LogP contribution in [0.4, 0.5) is 0 Å². The third-order valence-corrected chi connectivity index (χ3v) is 5.42. The number of halogens is 3. The molecule has 0 aliphatic carbocycles. The lowest BCUT2D eigenvalue weighted by Crippen LogP contribution is -3.19. The Kier molecular flexibility index (Phi) is 7.06. The van der Waals surface area contributed by atoms with Gasteiger partial charge in [-0.15, -0.1) is 0 Å². The van der Waals surface area contributed by atoms with E-state index in [0.29, 0.717) is 5.56 Å². The van der Waals surface area contributed by atoms with Crippen LogP contribution >= 0.6 is 34.8 Å². The van der Waals surface area contributed by atoms with Crippen LogP contribution in [-0.2, 0) is 5.41 Å². The third kappa shape index (κ3) is 6.02. The Morgan fingerprint density at radius 2 is 1.52 bits per heavy atom. The standard InChI is InChI=1S/C19H27Cl3N2O/c1-18(2,3)15-10-8-14(9-11-15)16(25)23-17(19(20,21)22)24-12-6-4-5-7-13-24/h8-11,17H,4-7,12-13H2,1-3H3,(H,23,25)/p+1/t17-/m1/s1. The van der Waals surface area contributed by atoms with Gasteiger partial charge >= 0.3 is 0 Å². The number of hydrogen-bond donors (Lipinski definition) is 2. The molecular weight excluding hydrogens is 379 g/mol. The molecule has 1 heterocycles. The maximum absolute atomic E-state index is 12.7. The van der Waals surface area contributed by atoms with Crippen LogP contribution in [0, 0.1) is 0 Å². The molecule has 2 N–H and O–H groups in total. The van der Waals surface area contributed by atoms with Crippen molar-refractivity contribution in [3.05, 3.63) is 35.4 Å². The Labute approximate surface area is 166 Å². The lowest BCUT2D eigenvalue weighted by Gasteiger charge is -2.32. The van der Waals surface area contributed by atoms with Gasteiger partial charge in [0.05, 0.1) is 13.1 Å². The van der Waals surface area contributed by atoms with Crippen LogP contribution in [0.2, 0.25) is 0 Å². The predicted octanol–water partition coefficient (Wildman–Crippen LogP) is 3.87. The van der Waals surface area contributed by atoms with E-state index in [0.717, 1.165) is 30.8 Å². The second-order valence-corrected chi connectivity index (χ2v) is 10.2. The zero-order valence-electron chi connectivity index (χ0n) is 15.2. The van der Waals surface area contributed by atoms with Gasteiger partial charge < -0.3 is 4.90 Å². The summed E-state index contributed by atoms with van der Waals surface area (Å²) in [5.41, 5.74) is 1.81. The summed E-state index contributed by atoms with van der Waals surface area (Å²) < 4.78 is -1.54. The number of amides is 1. The largest absolute Gasteiger partial charge is 0.312 e. The van der Waals surface area contributed by atoms with Crippen molar-refractivity contribution < 1.29 is 9.69 Å². The number of benzene rings is 1. The van der Waals surface area contributed by atoms with Gasteiger partial charge in [0.25, 0.3) is 9.70 Å². The summed E-state index contributed by atoms with van der Waals surface area (Å²) in [6.45, 7) is 8.24. The van der Waals surface area contributed by atoms with Gasteiger partial charge in [0.2, 0.25) is 6.17 Å². The van der Waals surface area contributed by atoms with Gasteiger partial charge in [-0.3, -0.25) is 10.1 Å². The maximum atomic E-state index is 12.7. The molecule has 1 aliphatic rings. The first-order valence-electron chi connectivity index (χ1n) is 8.92. The summed E-state index contributed by atoms with van der Waals surface area (Å²) in [5.74, 6) is -0.200. The smallest absolute Gasteiger partial charge is 0.262 e. The Balaban J connectivity index is 2.13. The van der Waals surface area contributed by atoms with Gasteiger partial charge in [-0.1, -0.05) is 67.7 Å². The summed E-state index contributed by atoms with van der Waals surface area (Å²) in [6.07, 6.45) is 4.01. The van der Waals surface area contributed by atoms with Crippen LogP contribution in [0.15, 0.2) is 24.3 Å². The molecule has 0 radical (unpaired) electrons. The predicted molar refractivity (Wildman–Crippen MR) is 106 cm³/mol. The molecular formula is C19H28Cl3N2O+. The number of alkyl halides is 3. The van der Waals surface area contributed by atoms with Crippen LogP contribution in [-0.4, -0.2) is 29.0 Å². The zero-order valence-corrected chi connectivity index (χ0v) is 17.4. The minimum Gasteiger partial charge on any atom is -0.312 e. The molecule has 1 saturated heterocycles. The minimum absolute atomic E-state index is 0.0469. The monoisotopic (exact) mass is 405 g/mol. The van der Waals surface area contributed by atoms with Gasteiger partial charge in [0.15, 0.2) is 0 Å². The van der Waals surface area contributed by atoms with Crippen molar-refractivity contribution in [3.8, 4) is 0 Å². The van der Waals surface area contributed by atoms with Gasteiger partial charge in [0.1, 0.15) is 0 Å². The molecule has 2 rings (SSSR count). The highest BCUT2D eigenvalue weighted by Gasteiger charge is 2.42. The second kappa shape index (κ2) is 8.47. The molecule has 0 aromatic heterocycles. The normalized spacial score (nSPS) is 18.5. The lowest BCUT2D eigenvalue weighted by atomic mass is 9.87. The average molecular weight is 407 g/mol. The molecule has 1 atom stereocenters. The van der Waals surface area contributed by atoms with E-state index in [-0.39, 0.29) is 11.3 Å². The molecule has 1 amide bonds. The summed E-state index contributed by atoms with van der Waals surface area (Å²) in [5, 5.41) is 2.96. The van der Waals surface area contributed by atoms with E-state index in [2.05, 4.69) is 26.1 Å². The molecule has 25 heavy (non-hydrogen) atoms. The molecule has 0 saturated carbocycles. The number of rotatable bonds is 3. The first-order chi connectivity index (χ1) is 11.6. The van der Waals surface area contributed by atoms with Crippen molar-refractivity contribution in [1.82, 2.24) is 5.32 Å². The van der Waals surface area contributed by atoms with Crippen LogP contribution in [0.5, 0.6) is 0 Å². The number of nitrogens with one attached hydrogen (secondary N) is 2. The lowest BCUT2D eigenvalue weighted by molar-refractivity contribution is -0.926. The second-order valence-electron chi connectivity index (χ2n) is 7.85. The molecule has 1 aliphatic heterocycles. The van der Waals surface area contributed by atoms with Crippen LogP contribution in [0.1, 0.15) is 62.4 Å². The molecule has 3 nitrogen and oxygen atoms in total. The minimum atomic E-state index is -1.54. The molecule has 1 aromatic carbocycles. The van der Waals surface area contributed by atoms with Crippen molar-refractivity contribution in [2.24, 2.45) is 0 Å². The Hall–Kier alpha value is -0.480. The van der Waals surface area contributed by atoms with Crippen LogP contribution in [0.25, 0.3) is 0 Å². The van der Waals surface area contributed by atoms with E-state index in [4.69, 9.17) is 34.8 Å². The number of carbonyl (C=O) groups excluding carboxylic acids is 1. The van der Waals surface area contributed by atoms with Crippen molar-refractivity contribution in [2.45, 2.75) is 61.8 Å². The quantitative estimate of drug-likeness (QED) is 0.734. The fourth-order valence-corrected chi connectivity index (χ4v) is 3.85. The Morgan fingerprint density at radius 1 is 1.00 bits per heavy atom. The highest BCUT2D eigenvalue weighted by atomic mass is 35.6. The van der Waals surface area contributed by atoms with E-state index >= 15 is 0 Å². The molecule has 0 spiro atoms. The Bertz CT molecular complexity index is 568. The number of quaternary nitrogens is 1. The van der Waals surface area contributed by atoms with Gasteiger partial charge in [0, 0.05) is 5.56 Å². The summed E-state index contributed by atoms with van der Waals surface area (Å²) >= 11 is 18.6. The van der Waals surface area contributed by atoms with Crippen molar-refractivity contribution in [1.29, 1.82) is 0 Å². The Morgan fingerprint density at radius 3 is 1.96 bits per heavy atom. The van der Waals surface area contributed by atoms with Crippen LogP contribution in [0.3, 0.4) is 0 Å². The molecule has 140 valence electrons. The van der Waals surface area contributed by atoms with E-state index in [1.807, 2.05) is 24.3 Å². The van der Waals surface area contributed by atoms with E-state index in [1.165, 1.54) is 18.4 Å². The average Bonchev–Trinajstić information content (AvgIpc) is 2.79. The maximum Gasteiger partial charge on any atom is 0.262 e. The van der Waals surface area contributed by atoms with Crippen LogP contribution < -0.4 is 10.2 Å². The molecule has 1 aromatic rings. The summed E-state index contributed by atoms with van der Waals surface area (Å²) in [7, 11) is 0. The first kappa shape index (κ1) is 20.8. The molecule has 6 heteroatoms. The van der Waals surface area contributed by atoms with Crippen molar-refractivity contribution in [3.63, 3.8) is 0 Å². The van der Waals surface area contributed by atoms with Gasteiger partial charge in [-0.05, 0) is 48.8 Å². The van der Waals surface area contributed by atoms with Crippen molar-refractivity contribution in [2.75, 3.05) is 13.1 Å². The zero-order chi connectivity index (χ0) is 18.7. The summed E-state index contributed by atoms with van der Waals surface area (Å²) in [6, 6.07) is 7.64. The number of likely N-dealkylation sites (tertiary alicyclic amines) is 1. The molecule has 1 fully saturated rings. The number of hydrogen-bond acceptors (Lipinski definition) is 1. The highest BCUT2D eigenvalue weighted by molar-refractivity contribution is 6.68. The fourth-order valence-electron chi connectivity index (χ4n) is 3.22. The molecule has 0 unspecified atom stereocenters. The van der Waals surface area contributed by atoms with Gasteiger partial charge in [-0.2, -0.15) is 0 Å².